The zero-order chi connectivity index (χ0) is 23.6. The van der Waals surface area contributed by atoms with Gasteiger partial charge >= 0.3 is 6.09 Å². The smallest absolute Gasteiger partial charge is 0.407 e. The fourth-order valence-electron chi connectivity index (χ4n) is 3.14. The fourth-order valence-corrected chi connectivity index (χ4v) is 3.14. The number of hydrogen-bond donors (Lipinski definition) is 1. The van der Waals surface area contributed by atoms with E-state index in [1.807, 2.05) is 0 Å². The van der Waals surface area contributed by atoms with Gasteiger partial charge < -0.3 is 10.1 Å². The van der Waals surface area contributed by atoms with E-state index in [4.69, 9.17) is 4.74 Å². The van der Waals surface area contributed by atoms with Crippen molar-refractivity contribution in [2.45, 2.75) is 39.2 Å². The first-order valence-corrected chi connectivity index (χ1v) is 9.72. The van der Waals surface area contributed by atoms with Crippen LogP contribution in [0.15, 0.2) is 41.2 Å². The second-order valence-corrected chi connectivity index (χ2v) is 8.02. The molecule has 0 radical (unpaired) electrons. The van der Waals surface area contributed by atoms with Crippen LogP contribution in [0.1, 0.15) is 38.6 Å². The highest BCUT2D eigenvalue weighted by molar-refractivity contribution is 5.81. The van der Waals surface area contributed by atoms with Crippen LogP contribution >= 0.6 is 0 Å². The molecule has 170 valence electrons. The first kappa shape index (κ1) is 23.2. The molecule has 6 nitrogen and oxygen atoms in total. The lowest BCUT2D eigenvalue weighted by atomic mass is 10.1. The first-order chi connectivity index (χ1) is 15.0. The quantitative estimate of drug-likeness (QED) is 0.573. The molecule has 0 bridgehead atoms. The number of benzene rings is 2. The second-order valence-electron chi connectivity index (χ2n) is 8.02. The van der Waals surface area contributed by atoms with Gasteiger partial charge in [0, 0.05) is 24.6 Å². The average Bonchev–Trinajstić information content (AvgIpc) is 2.65. The highest BCUT2D eigenvalue weighted by Gasteiger charge is 2.20. The lowest BCUT2D eigenvalue weighted by molar-refractivity contribution is 0.0528. The SMILES string of the molecule is CC(C)(C)OC(=O)NCCc1nc2c(C(F)F)cccc2c(=O)n1-c1cc(F)cc(F)c1. The van der Waals surface area contributed by atoms with Gasteiger partial charge in [-0.3, -0.25) is 9.36 Å². The number of fused-ring (bicyclic) bond motifs is 1. The van der Waals surface area contributed by atoms with E-state index in [0.29, 0.717) is 6.07 Å². The summed E-state index contributed by atoms with van der Waals surface area (Å²) in [6.07, 6.45) is -3.71. The van der Waals surface area contributed by atoms with Crippen molar-refractivity contribution in [2.75, 3.05) is 6.54 Å². The highest BCUT2D eigenvalue weighted by atomic mass is 19.3. The molecule has 0 aliphatic heterocycles. The van der Waals surface area contributed by atoms with Crippen LogP contribution in [-0.2, 0) is 11.2 Å². The number of halogens is 4. The molecule has 0 saturated carbocycles. The summed E-state index contributed by atoms with van der Waals surface area (Å²) in [6.45, 7) is 4.97. The Hall–Kier alpha value is -3.43. The zero-order valence-corrected chi connectivity index (χ0v) is 17.6. The van der Waals surface area contributed by atoms with Gasteiger partial charge in [-0.2, -0.15) is 0 Å². The van der Waals surface area contributed by atoms with Crippen LogP contribution in [0.5, 0.6) is 0 Å². The Bertz CT molecular complexity index is 1200. The number of para-hydroxylation sites is 1. The first-order valence-electron chi connectivity index (χ1n) is 9.72. The summed E-state index contributed by atoms with van der Waals surface area (Å²) in [7, 11) is 0. The molecule has 2 aromatic carbocycles. The average molecular weight is 451 g/mol. The Morgan fingerprint density at radius 2 is 1.81 bits per heavy atom. The van der Waals surface area contributed by atoms with E-state index in [1.165, 1.54) is 12.1 Å². The van der Waals surface area contributed by atoms with Crippen molar-refractivity contribution in [1.82, 2.24) is 14.9 Å². The third-order valence-corrected chi connectivity index (χ3v) is 4.36. The number of hydrogen-bond acceptors (Lipinski definition) is 4. The number of alkyl halides is 2. The molecule has 1 amide bonds. The van der Waals surface area contributed by atoms with Gasteiger partial charge in [-0.25, -0.2) is 27.3 Å². The number of amides is 1. The number of rotatable bonds is 5. The molecule has 0 aliphatic carbocycles. The van der Waals surface area contributed by atoms with Crippen molar-refractivity contribution in [1.29, 1.82) is 0 Å². The van der Waals surface area contributed by atoms with Crippen molar-refractivity contribution in [3.8, 4) is 5.69 Å². The maximum Gasteiger partial charge on any atom is 0.407 e. The molecule has 0 saturated heterocycles. The Balaban J connectivity index is 2.10. The van der Waals surface area contributed by atoms with Crippen LogP contribution in [0.4, 0.5) is 22.4 Å². The van der Waals surface area contributed by atoms with Crippen LogP contribution in [0, 0.1) is 11.6 Å². The Kier molecular flexibility index (Phi) is 6.52. The lowest BCUT2D eigenvalue weighted by Crippen LogP contribution is -2.34. The van der Waals surface area contributed by atoms with Gasteiger partial charge in [0.1, 0.15) is 23.1 Å². The molecule has 3 aromatic rings. The van der Waals surface area contributed by atoms with Gasteiger partial charge in [-0.15, -0.1) is 0 Å². The fraction of sp³-hybridized carbons (Fsp3) is 0.318. The summed E-state index contributed by atoms with van der Waals surface area (Å²) in [6, 6.07) is 6.24. The van der Waals surface area contributed by atoms with E-state index in [0.717, 1.165) is 22.8 Å². The van der Waals surface area contributed by atoms with E-state index in [-0.39, 0.29) is 35.4 Å². The van der Waals surface area contributed by atoms with Gasteiger partial charge in [-0.1, -0.05) is 12.1 Å². The molecule has 0 unspecified atom stereocenters. The molecule has 0 atom stereocenters. The maximum atomic E-state index is 13.8. The molecule has 0 fully saturated rings. The summed E-state index contributed by atoms with van der Waals surface area (Å²) in [5, 5.41) is 2.35. The van der Waals surface area contributed by atoms with E-state index < -0.39 is 40.9 Å². The Morgan fingerprint density at radius 3 is 2.41 bits per heavy atom. The number of aromatic nitrogens is 2. The molecule has 0 aliphatic rings. The predicted octanol–water partition coefficient (Wildman–Crippen LogP) is 4.67. The molecule has 1 N–H and O–H groups in total. The Labute approximate surface area is 180 Å². The molecule has 0 spiro atoms. The molecule has 1 aromatic heterocycles. The van der Waals surface area contributed by atoms with Crippen LogP contribution < -0.4 is 10.9 Å². The second kappa shape index (κ2) is 8.97. The number of ether oxygens (including phenoxy) is 1. The number of carbonyl (C=O) groups is 1. The van der Waals surface area contributed by atoms with Gasteiger partial charge in [0.15, 0.2) is 0 Å². The van der Waals surface area contributed by atoms with Crippen molar-refractivity contribution in [2.24, 2.45) is 0 Å². The van der Waals surface area contributed by atoms with Gasteiger partial charge in [-0.05, 0) is 39.0 Å². The third kappa shape index (κ3) is 5.24. The summed E-state index contributed by atoms with van der Waals surface area (Å²) in [5.74, 6) is -1.91. The minimum absolute atomic E-state index is 0.0586. The van der Waals surface area contributed by atoms with E-state index in [1.54, 1.807) is 20.8 Å². The van der Waals surface area contributed by atoms with Crippen LogP contribution in [0.3, 0.4) is 0 Å². The van der Waals surface area contributed by atoms with E-state index in [2.05, 4.69) is 10.3 Å². The summed E-state index contributed by atoms with van der Waals surface area (Å²) in [4.78, 5) is 29.3. The number of nitrogens with one attached hydrogen (secondary N) is 1. The summed E-state index contributed by atoms with van der Waals surface area (Å²) >= 11 is 0. The molecule has 10 heteroatoms. The predicted molar refractivity (Wildman–Crippen MR) is 110 cm³/mol. The molecular formula is C22H21F4N3O3. The molecular weight excluding hydrogens is 430 g/mol. The zero-order valence-electron chi connectivity index (χ0n) is 17.6. The standard InChI is InChI=1S/C22H21F4N3O3/c1-22(2,3)32-21(31)27-8-7-17-28-18-15(19(25)26)5-4-6-16(18)20(30)29(17)14-10-12(23)9-13(24)11-14/h4-6,9-11,19H,7-8H2,1-3H3,(H,27,31). The molecule has 32 heavy (non-hydrogen) atoms. The monoisotopic (exact) mass is 451 g/mol. The Morgan fingerprint density at radius 1 is 1.16 bits per heavy atom. The lowest BCUT2D eigenvalue weighted by Gasteiger charge is -2.20. The minimum Gasteiger partial charge on any atom is -0.444 e. The summed E-state index contributed by atoms with van der Waals surface area (Å²) in [5.41, 5.74) is -2.32. The molecule has 3 rings (SSSR count). The topological polar surface area (TPSA) is 73.2 Å². The highest BCUT2D eigenvalue weighted by Crippen LogP contribution is 2.26. The van der Waals surface area contributed by atoms with Gasteiger partial charge in [0.2, 0.25) is 0 Å². The van der Waals surface area contributed by atoms with Gasteiger partial charge in [0.05, 0.1) is 16.6 Å². The molecule has 1 heterocycles. The van der Waals surface area contributed by atoms with Crippen molar-refractivity contribution < 1.29 is 27.1 Å². The van der Waals surface area contributed by atoms with Crippen LogP contribution in [0.25, 0.3) is 16.6 Å². The van der Waals surface area contributed by atoms with Crippen LogP contribution in [0.2, 0.25) is 0 Å². The maximum absolute atomic E-state index is 13.8. The van der Waals surface area contributed by atoms with E-state index in [9.17, 15) is 27.2 Å². The number of carbonyl (C=O) groups excluding carboxylic acids is 1. The van der Waals surface area contributed by atoms with Crippen molar-refractivity contribution in [3.05, 3.63) is 69.8 Å². The van der Waals surface area contributed by atoms with Gasteiger partial charge in [0.25, 0.3) is 12.0 Å². The normalized spacial score (nSPS) is 11.8. The number of nitrogens with zero attached hydrogens (tertiary/aromatic N) is 2. The summed E-state index contributed by atoms with van der Waals surface area (Å²) < 4.78 is 60.7. The van der Waals surface area contributed by atoms with Crippen molar-refractivity contribution in [3.63, 3.8) is 0 Å². The third-order valence-electron chi connectivity index (χ3n) is 4.36. The van der Waals surface area contributed by atoms with Crippen molar-refractivity contribution >= 4 is 17.0 Å². The largest absolute Gasteiger partial charge is 0.444 e. The minimum atomic E-state index is -2.89. The van der Waals surface area contributed by atoms with E-state index >= 15 is 0 Å². The number of alkyl carbamates (subject to hydrolysis) is 1. The van der Waals surface area contributed by atoms with Crippen LogP contribution in [-0.4, -0.2) is 27.8 Å².